The van der Waals surface area contributed by atoms with Gasteiger partial charge in [-0.3, -0.25) is 0 Å². The van der Waals surface area contributed by atoms with Crippen molar-refractivity contribution in [2.45, 2.75) is 49.2 Å². The lowest BCUT2D eigenvalue weighted by atomic mass is 9.85. The van der Waals surface area contributed by atoms with Crippen LogP contribution in [-0.2, 0) is 14.3 Å². The molecule has 11 heteroatoms. The van der Waals surface area contributed by atoms with Crippen LogP contribution in [-0.4, -0.2) is 82.8 Å². The molecule has 2 rings (SSSR count). The number of ether oxygens (including phenoxy) is 2. The highest BCUT2D eigenvalue weighted by Gasteiger charge is 2.63. The fourth-order valence-corrected chi connectivity index (χ4v) is 2.71. The van der Waals surface area contributed by atoms with Crippen molar-refractivity contribution in [3.05, 3.63) is 0 Å². The molecule has 1 saturated heterocycles. The number of aliphatic hydroxyl groups excluding tert-OH is 3. The standard InChI is InChI=1S/C12H21FN4O6/c1-2-22-10(21)12(13)9-6(16-11(15)17-9)5(14)8(23-12)7(20)4(19)3-18/h4-9,18-20H,2-3,14H2,1H3,(H3,15,16,17)/t4-,5?,6?,7-,8?,9?,12?/m1/s1. The van der Waals surface area contributed by atoms with Crippen LogP contribution in [0.15, 0.2) is 4.99 Å². The Morgan fingerprint density at radius 1 is 1.61 bits per heavy atom. The molecule has 1 fully saturated rings. The van der Waals surface area contributed by atoms with Gasteiger partial charge in [-0.15, -0.1) is 0 Å². The van der Waals surface area contributed by atoms with Crippen LogP contribution in [0.4, 0.5) is 4.39 Å². The van der Waals surface area contributed by atoms with Gasteiger partial charge in [0.05, 0.1) is 25.3 Å². The lowest BCUT2D eigenvalue weighted by molar-refractivity contribution is -0.260. The smallest absolute Gasteiger partial charge is 0.374 e. The van der Waals surface area contributed by atoms with Crippen molar-refractivity contribution < 1.29 is 34.0 Å². The van der Waals surface area contributed by atoms with Crippen molar-refractivity contribution in [3.63, 3.8) is 0 Å². The van der Waals surface area contributed by atoms with E-state index in [0.29, 0.717) is 0 Å². The van der Waals surface area contributed by atoms with Crippen molar-refractivity contribution >= 4 is 11.9 Å². The minimum absolute atomic E-state index is 0.101. The number of esters is 1. The molecule has 0 saturated carbocycles. The molecule has 0 aliphatic carbocycles. The van der Waals surface area contributed by atoms with Crippen LogP contribution in [0.25, 0.3) is 0 Å². The average molecular weight is 336 g/mol. The molecule has 0 spiro atoms. The van der Waals surface area contributed by atoms with Gasteiger partial charge in [0.15, 0.2) is 5.96 Å². The van der Waals surface area contributed by atoms with E-state index in [1.807, 2.05) is 0 Å². The van der Waals surface area contributed by atoms with E-state index in [2.05, 4.69) is 15.0 Å². The van der Waals surface area contributed by atoms with Gasteiger partial charge >= 0.3 is 11.8 Å². The fraction of sp³-hybridized carbons (Fsp3) is 0.833. The van der Waals surface area contributed by atoms with Crippen molar-refractivity contribution in [2.75, 3.05) is 13.2 Å². The summed E-state index contributed by atoms with van der Waals surface area (Å²) < 4.78 is 24.9. The number of aliphatic imine (C=N–C) groups is 1. The highest BCUT2D eigenvalue weighted by atomic mass is 19.2. The topological polar surface area (TPSA) is 173 Å². The maximum absolute atomic E-state index is 15.2. The van der Waals surface area contributed by atoms with Gasteiger partial charge in [-0.25, -0.2) is 9.79 Å². The number of nitrogens with one attached hydrogen (secondary N) is 1. The Labute approximate surface area is 131 Å². The predicted molar refractivity (Wildman–Crippen MR) is 74.8 cm³/mol. The van der Waals surface area contributed by atoms with E-state index in [1.165, 1.54) is 6.92 Å². The second-order valence-electron chi connectivity index (χ2n) is 5.40. The summed E-state index contributed by atoms with van der Waals surface area (Å²) in [5.41, 5.74) is 11.4. The molecule has 2 heterocycles. The summed E-state index contributed by atoms with van der Waals surface area (Å²) >= 11 is 0. The molecule has 0 bridgehead atoms. The van der Waals surface area contributed by atoms with Crippen molar-refractivity contribution in [2.24, 2.45) is 16.5 Å². The molecule has 2 aliphatic heterocycles. The quantitative estimate of drug-likeness (QED) is 0.276. The molecule has 5 unspecified atom stereocenters. The number of aliphatic hydroxyl groups is 3. The SMILES string of the molecule is CCOC(=O)C1(F)OC([C@H](O)[C@H](O)CO)C(N)C2NC(N)=NC21. The Hall–Kier alpha value is -1.53. The highest BCUT2D eigenvalue weighted by Crippen LogP contribution is 2.37. The molecule has 10 nitrogen and oxygen atoms in total. The third-order valence-electron chi connectivity index (χ3n) is 3.89. The molecule has 0 aromatic heterocycles. The molecule has 0 amide bonds. The number of nitrogens with two attached hydrogens (primary N) is 2. The first-order valence-corrected chi connectivity index (χ1v) is 7.12. The molecular weight excluding hydrogens is 315 g/mol. The fourth-order valence-electron chi connectivity index (χ4n) is 2.71. The molecule has 0 aromatic rings. The summed E-state index contributed by atoms with van der Waals surface area (Å²) in [5, 5.41) is 31.1. The number of rotatable bonds is 5. The molecule has 0 radical (unpaired) electrons. The summed E-state index contributed by atoms with van der Waals surface area (Å²) in [5.74, 6) is -4.51. The molecular formula is C12H21FN4O6. The lowest BCUT2D eigenvalue weighted by Crippen LogP contribution is -2.72. The van der Waals surface area contributed by atoms with E-state index < -0.39 is 54.9 Å². The number of carbonyl (C=O) groups is 1. The maximum atomic E-state index is 15.2. The maximum Gasteiger partial charge on any atom is 0.374 e. The van der Waals surface area contributed by atoms with Crippen LogP contribution in [0.2, 0.25) is 0 Å². The number of guanidine groups is 1. The van der Waals surface area contributed by atoms with E-state index >= 15 is 4.39 Å². The molecule has 7 atom stereocenters. The number of hydrogen-bond donors (Lipinski definition) is 6. The first kappa shape index (κ1) is 17.8. The van der Waals surface area contributed by atoms with Gasteiger partial charge in [0.2, 0.25) is 0 Å². The largest absolute Gasteiger partial charge is 0.462 e. The number of fused-ring (bicyclic) bond motifs is 1. The van der Waals surface area contributed by atoms with Crippen molar-refractivity contribution in [1.82, 2.24) is 5.32 Å². The van der Waals surface area contributed by atoms with Gasteiger partial charge < -0.3 is 41.6 Å². The Morgan fingerprint density at radius 2 is 2.26 bits per heavy atom. The first-order chi connectivity index (χ1) is 10.8. The molecule has 23 heavy (non-hydrogen) atoms. The number of hydrogen-bond acceptors (Lipinski definition) is 10. The number of carbonyl (C=O) groups excluding carboxylic acids is 1. The monoisotopic (exact) mass is 336 g/mol. The summed E-state index contributed by atoms with van der Waals surface area (Å²) in [7, 11) is 0. The molecule has 132 valence electrons. The van der Waals surface area contributed by atoms with Gasteiger partial charge in [0.25, 0.3) is 0 Å². The Kier molecular flexibility index (Phi) is 5.06. The second kappa shape index (κ2) is 6.53. The zero-order valence-electron chi connectivity index (χ0n) is 12.4. The predicted octanol–water partition coefficient (Wildman–Crippen LogP) is -3.69. The molecule has 8 N–H and O–H groups in total. The summed E-state index contributed by atoms with van der Waals surface area (Å²) in [6.07, 6.45) is -4.86. The van der Waals surface area contributed by atoms with E-state index in [0.717, 1.165) is 0 Å². The average Bonchev–Trinajstić information content (AvgIpc) is 2.92. The minimum atomic E-state index is -3.04. The Bertz CT molecular complexity index is 494. The van der Waals surface area contributed by atoms with Crippen LogP contribution >= 0.6 is 0 Å². The number of alkyl halides is 1. The normalized spacial score (nSPS) is 39.0. The highest BCUT2D eigenvalue weighted by molar-refractivity contribution is 5.85. The van der Waals surface area contributed by atoms with Crippen LogP contribution in [0.1, 0.15) is 6.92 Å². The van der Waals surface area contributed by atoms with Crippen LogP contribution < -0.4 is 16.8 Å². The zero-order valence-corrected chi connectivity index (χ0v) is 12.4. The van der Waals surface area contributed by atoms with Crippen LogP contribution in [0, 0.1) is 0 Å². The lowest BCUT2D eigenvalue weighted by Gasteiger charge is -2.45. The summed E-state index contributed by atoms with van der Waals surface area (Å²) in [6, 6.07) is -3.41. The summed E-state index contributed by atoms with van der Waals surface area (Å²) in [6.45, 7) is 0.586. The van der Waals surface area contributed by atoms with Gasteiger partial charge in [-0.1, -0.05) is 0 Å². The van der Waals surface area contributed by atoms with Crippen molar-refractivity contribution in [3.8, 4) is 0 Å². The van der Waals surface area contributed by atoms with Gasteiger partial charge in [-0.05, 0) is 6.92 Å². The summed E-state index contributed by atoms with van der Waals surface area (Å²) in [4.78, 5) is 15.8. The minimum Gasteiger partial charge on any atom is -0.462 e. The van der Waals surface area contributed by atoms with E-state index in [-0.39, 0.29) is 12.6 Å². The molecule has 0 aromatic carbocycles. The van der Waals surface area contributed by atoms with Gasteiger partial charge in [-0.2, -0.15) is 4.39 Å². The van der Waals surface area contributed by atoms with E-state index in [9.17, 15) is 15.0 Å². The van der Waals surface area contributed by atoms with Gasteiger partial charge in [0, 0.05) is 0 Å². The number of halogens is 1. The third kappa shape index (κ3) is 2.97. The van der Waals surface area contributed by atoms with E-state index in [4.69, 9.17) is 21.3 Å². The van der Waals surface area contributed by atoms with Gasteiger partial charge in [0.1, 0.15) is 24.4 Å². The Morgan fingerprint density at radius 3 is 2.83 bits per heavy atom. The second-order valence-corrected chi connectivity index (χ2v) is 5.40. The molecule has 2 aliphatic rings. The van der Waals surface area contributed by atoms with Crippen molar-refractivity contribution in [1.29, 1.82) is 0 Å². The van der Waals surface area contributed by atoms with Crippen LogP contribution in [0.3, 0.4) is 0 Å². The third-order valence-corrected chi connectivity index (χ3v) is 3.89. The first-order valence-electron chi connectivity index (χ1n) is 7.12. The number of nitrogens with zero attached hydrogens (tertiary/aromatic N) is 1. The Balaban J connectivity index is 2.35. The zero-order chi connectivity index (χ0) is 17.4. The van der Waals surface area contributed by atoms with E-state index in [1.54, 1.807) is 0 Å². The van der Waals surface area contributed by atoms with Crippen LogP contribution in [0.5, 0.6) is 0 Å².